The predicted molar refractivity (Wildman–Crippen MR) is 51.4 cm³/mol. The van der Waals surface area contributed by atoms with Crippen LogP contribution in [0.4, 0.5) is 4.79 Å². The van der Waals surface area contributed by atoms with Gasteiger partial charge in [-0.1, -0.05) is 49.0 Å². The zero-order valence-electron chi connectivity index (χ0n) is 6.73. The fraction of sp³-hybridized carbons (Fsp3) is 0. The maximum Gasteiger partial charge on any atom is 0.299 e. The number of carboxylic acid groups (broad SMARTS) is 1. The summed E-state index contributed by atoms with van der Waals surface area (Å²) in [5, 5.41) is 8.38. The van der Waals surface area contributed by atoms with Crippen molar-refractivity contribution in [2.24, 2.45) is 0 Å². The van der Waals surface area contributed by atoms with E-state index >= 15 is 0 Å². The summed E-state index contributed by atoms with van der Waals surface area (Å²) in [6, 6.07) is 0. The standard InChI is InChI=1S/C9H10BO2/c1-3-5-6-7-8(4-2)10-9(11)12/h3-7H,1-2H2,(H,11,12)/b6-5-,8-7+. The third kappa shape index (κ3) is 5.29. The molecule has 0 aromatic carbocycles. The molecular weight excluding hydrogens is 151 g/mol. The Labute approximate surface area is 72.8 Å². The Morgan fingerprint density at radius 3 is 2.42 bits per heavy atom. The Kier molecular flexibility index (Phi) is 5.44. The lowest BCUT2D eigenvalue weighted by Gasteiger charge is -1.91. The topological polar surface area (TPSA) is 37.3 Å². The Morgan fingerprint density at radius 2 is 2.00 bits per heavy atom. The van der Waals surface area contributed by atoms with E-state index in [0.717, 1.165) is 7.28 Å². The number of allylic oxidation sites excluding steroid dienone is 6. The minimum Gasteiger partial charge on any atom is -0.489 e. The molecule has 0 heterocycles. The zero-order chi connectivity index (χ0) is 9.40. The van der Waals surface area contributed by atoms with Gasteiger partial charge in [-0.3, -0.25) is 4.79 Å². The number of carbonyl (C=O) groups is 1. The van der Waals surface area contributed by atoms with Crippen molar-refractivity contribution < 1.29 is 9.90 Å². The van der Waals surface area contributed by atoms with Crippen LogP contribution in [0.5, 0.6) is 0 Å². The molecule has 0 spiro atoms. The first kappa shape index (κ1) is 10.5. The fourth-order valence-electron chi connectivity index (χ4n) is 0.563. The molecule has 0 atom stereocenters. The molecule has 0 saturated heterocycles. The Balaban J connectivity index is 4.22. The van der Waals surface area contributed by atoms with Crippen molar-refractivity contribution in [2.45, 2.75) is 0 Å². The van der Waals surface area contributed by atoms with E-state index in [4.69, 9.17) is 5.11 Å². The summed E-state index contributed by atoms with van der Waals surface area (Å²) >= 11 is 0. The monoisotopic (exact) mass is 161 g/mol. The first-order chi connectivity index (χ1) is 5.70. The van der Waals surface area contributed by atoms with Crippen LogP contribution in [0.3, 0.4) is 0 Å². The molecule has 0 aliphatic heterocycles. The molecule has 0 saturated carbocycles. The smallest absolute Gasteiger partial charge is 0.299 e. The third-order valence-corrected chi connectivity index (χ3v) is 1.06. The van der Waals surface area contributed by atoms with E-state index in [1.54, 1.807) is 24.3 Å². The van der Waals surface area contributed by atoms with Gasteiger partial charge in [0, 0.05) is 0 Å². The van der Waals surface area contributed by atoms with Crippen LogP contribution in [0.15, 0.2) is 49.0 Å². The molecule has 0 aromatic rings. The van der Waals surface area contributed by atoms with Crippen LogP contribution in [0.1, 0.15) is 0 Å². The highest BCUT2D eigenvalue weighted by Gasteiger charge is 2.01. The highest BCUT2D eigenvalue weighted by atomic mass is 16.4. The van der Waals surface area contributed by atoms with Crippen LogP contribution in [-0.2, 0) is 0 Å². The highest BCUT2D eigenvalue weighted by Crippen LogP contribution is 1.94. The molecule has 1 N–H and O–H groups in total. The summed E-state index contributed by atoms with van der Waals surface area (Å²) in [4.78, 5) is 10.2. The predicted octanol–water partition coefficient (Wildman–Crippen LogP) is 2.18. The van der Waals surface area contributed by atoms with Crippen LogP contribution >= 0.6 is 0 Å². The third-order valence-electron chi connectivity index (χ3n) is 1.06. The first-order valence-electron chi connectivity index (χ1n) is 3.40. The minimum atomic E-state index is -0.979. The van der Waals surface area contributed by atoms with E-state index in [1.165, 1.54) is 6.08 Å². The lowest BCUT2D eigenvalue weighted by molar-refractivity contribution is 0.220. The van der Waals surface area contributed by atoms with Gasteiger partial charge >= 0.3 is 0 Å². The van der Waals surface area contributed by atoms with E-state index < -0.39 is 5.87 Å². The van der Waals surface area contributed by atoms with Gasteiger partial charge in [0.25, 0.3) is 7.28 Å². The number of hydrogen-bond donors (Lipinski definition) is 1. The lowest BCUT2D eigenvalue weighted by atomic mass is 9.69. The van der Waals surface area contributed by atoms with Crippen LogP contribution in [-0.4, -0.2) is 18.3 Å². The van der Waals surface area contributed by atoms with Crippen LogP contribution in [0, 0.1) is 0 Å². The summed E-state index contributed by atoms with van der Waals surface area (Å²) in [5.41, 5.74) is 0.556. The van der Waals surface area contributed by atoms with E-state index in [0.29, 0.717) is 5.47 Å². The van der Waals surface area contributed by atoms with Gasteiger partial charge in [-0.15, -0.1) is 0 Å². The van der Waals surface area contributed by atoms with Crippen molar-refractivity contribution in [2.75, 3.05) is 0 Å². The summed E-state index contributed by atoms with van der Waals surface area (Å²) in [5.74, 6) is -0.979. The average molecular weight is 161 g/mol. The molecule has 0 aliphatic rings. The van der Waals surface area contributed by atoms with Gasteiger partial charge in [0.1, 0.15) is 0 Å². The van der Waals surface area contributed by atoms with Gasteiger partial charge < -0.3 is 5.11 Å². The first-order valence-corrected chi connectivity index (χ1v) is 3.40. The molecule has 0 aliphatic carbocycles. The summed E-state index contributed by atoms with van der Waals surface area (Å²) in [6.45, 7) is 6.95. The average Bonchev–Trinajstić information content (AvgIpc) is 2.02. The second-order valence-electron chi connectivity index (χ2n) is 1.97. The number of hydrogen-bond acceptors (Lipinski definition) is 1. The molecule has 61 valence electrons. The molecule has 0 aromatic heterocycles. The summed E-state index contributed by atoms with van der Waals surface area (Å²) in [6.07, 6.45) is 8.13. The van der Waals surface area contributed by atoms with Gasteiger partial charge in [0.05, 0.1) is 0 Å². The normalized spacial score (nSPS) is 11.2. The zero-order valence-corrected chi connectivity index (χ0v) is 6.73. The lowest BCUT2D eigenvalue weighted by Crippen LogP contribution is -2.06. The molecule has 1 radical (unpaired) electrons. The maximum absolute atomic E-state index is 10.2. The molecular formula is C9H10BO2. The van der Waals surface area contributed by atoms with Crippen molar-refractivity contribution >= 4 is 13.1 Å². The van der Waals surface area contributed by atoms with Crippen molar-refractivity contribution in [3.63, 3.8) is 0 Å². The molecule has 0 amide bonds. The van der Waals surface area contributed by atoms with Crippen LogP contribution < -0.4 is 0 Å². The molecule has 0 bridgehead atoms. The summed E-state index contributed by atoms with van der Waals surface area (Å²) < 4.78 is 0. The van der Waals surface area contributed by atoms with Gasteiger partial charge in [-0.05, 0) is 0 Å². The van der Waals surface area contributed by atoms with Crippen molar-refractivity contribution in [1.82, 2.24) is 0 Å². The minimum absolute atomic E-state index is 0.556. The van der Waals surface area contributed by atoms with E-state index in [2.05, 4.69) is 13.2 Å². The number of rotatable bonds is 5. The Bertz CT molecular complexity index is 239. The van der Waals surface area contributed by atoms with Crippen LogP contribution in [0.2, 0.25) is 0 Å². The Morgan fingerprint density at radius 1 is 1.33 bits per heavy atom. The van der Waals surface area contributed by atoms with Crippen LogP contribution in [0.25, 0.3) is 0 Å². The Hall–Kier alpha value is -1.51. The molecule has 12 heavy (non-hydrogen) atoms. The molecule has 3 heteroatoms. The fourth-order valence-corrected chi connectivity index (χ4v) is 0.563. The molecule has 0 fully saturated rings. The van der Waals surface area contributed by atoms with E-state index in [9.17, 15) is 4.79 Å². The molecule has 0 unspecified atom stereocenters. The van der Waals surface area contributed by atoms with Gasteiger partial charge in [0.15, 0.2) is 0 Å². The molecule has 0 rings (SSSR count). The van der Waals surface area contributed by atoms with Gasteiger partial charge in [-0.25, -0.2) is 0 Å². The van der Waals surface area contributed by atoms with Gasteiger partial charge in [-0.2, -0.15) is 0 Å². The summed E-state index contributed by atoms with van der Waals surface area (Å²) in [7, 11) is 1.08. The van der Waals surface area contributed by atoms with E-state index in [1.807, 2.05) is 0 Å². The second kappa shape index (κ2) is 6.22. The quantitative estimate of drug-likeness (QED) is 0.495. The van der Waals surface area contributed by atoms with E-state index in [-0.39, 0.29) is 0 Å². The largest absolute Gasteiger partial charge is 0.489 e. The highest BCUT2D eigenvalue weighted by molar-refractivity contribution is 6.77. The van der Waals surface area contributed by atoms with Crippen molar-refractivity contribution in [3.8, 4) is 0 Å². The molecule has 2 nitrogen and oxygen atoms in total. The SMILES string of the molecule is C=C/C=C\C=C(\[B]C(=O)O)C=C. The second-order valence-corrected chi connectivity index (χ2v) is 1.97. The maximum atomic E-state index is 10.2. The van der Waals surface area contributed by atoms with Gasteiger partial charge in [0.2, 0.25) is 5.87 Å². The van der Waals surface area contributed by atoms with Crippen molar-refractivity contribution in [3.05, 3.63) is 49.0 Å². The van der Waals surface area contributed by atoms with Crippen molar-refractivity contribution in [1.29, 1.82) is 0 Å².